The molecule has 0 saturated carbocycles. The number of aryl methyl sites for hydroxylation is 1. The van der Waals surface area contributed by atoms with Crippen molar-refractivity contribution in [3.8, 4) is 0 Å². The summed E-state index contributed by atoms with van der Waals surface area (Å²) in [5, 5.41) is 4.15. The van der Waals surface area contributed by atoms with Crippen LogP contribution in [0, 0.1) is 6.92 Å². The number of carbonyl (C=O) groups is 1. The maximum atomic E-state index is 11.8. The summed E-state index contributed by atoms with van der Waals surface area (Å²) >= 11 is 0. The number of nitrogens with zero attached hydrogens (tertiary/aromatic N) is 1. The first kappa shape index (κ1) is 13.5. The minimum absolute atomic E-state index is 0.277. The van der Waals surface area contributed by atoms with Gasteiger partial charge in [-0.2, -0.15) is 0 Å². The van der Waals surface area contributed by atoms with E-state index in [9.17, 15) is 4.79 Å². The van der Waals surface area contributed by atoms with Gasteiger partial charge in [0.15, 0.2) is 0 Å². The molecule has 0 radical (unpaired) electrons. The van der Waals surface area contributed by atoms with Gasteiger partial charge in [0.05, 0.1) is 12.6 Å². The van der Waals surface area contributed by atoms with E-state index in [4.69, 9.17) is 4.74 Å². The number of nitrogens with one attached hydrogen (secondary N) is 1. The number of ether oxygens (including phenoxy) is 1. The molecule has 0 bridgehead atoms. The van der Waals surface area contributed by atoms with E-state index in [1.165, 1.54) is 7.11 Å². The molecule has 1 N–H and O–H groups in total. The maximum absolute atomic E-state index is 11.8. The van der Waals surface area contributed by atoms with Gasteiger partial charge >= 0.3 is 5.97 Å². The highest BCUT2D eigenvalue weighted by atomic mass is 16.5. The largest absolute Gasteiger partial charge is 0.468 e. The van der Waals surface area contributed by atoms with Crippen molar-refractivity contribution < 1.29 is 9.53 Å². The summed E-state index contributed by atoms with van der Waals surface area (Å²) in [6.07, 6.45) is 0. The molecule has 1 aromatic heterocycles. The normalized spacial score (nSPS) is 12.4. The van der Waals surface area contributed by atoms with Gasteiger partial charge < -0.3 is 10.1 Å². The number of likely N-dealkylation sites (N-methyl/N-ethyl adjacent to an activating group) is 1. The van der Waals surface area contributed by atoms with Crippen LogP contribution in [-0.4, -0.2) is 24.6 Å². The number of rotatable bonds is 4. The molecule has 2 rings (SSSR count). The first-order chi connectivity index (χ1) is 9.15. The number of pyridine rings is 1. The number of fused-ring (bicyclic) bond motifs is 1. The van der Waals surface area contributed by atoms with E-state index in [-0.39, 0.29) is 5.97 Å². The number of carbonyl (C=O) groups excluding carboxylic acids is 1. The molecule has 100 valence electrons. The molecule has 1 aromatic carbocycles. The topological polar surface area (TPSA) is 51.2 Å². The Morgan fingerprint density at radius 2 is 2.16 bits per heavy atom. The van der Waals surface area contributed by atoms with E-state index in [1.807, 2.05) is 44.2 Å². The van der Waals surface area contributed by atoms with Crippen LogP contribution in [0.2, 0.25) is 0 Å². The van der Waals surface area contributed by atoms with E-state index in [1.54, 1.807) is 0 Å². The van der Waals surface area contributed by atoms with Crippen molar-refractivity contribution in [2.24, 2.45) is 0 Å². The van der Waals surface area contributed by atoms with Crippen LogP contribution in [0.1, 0.15) is 24.2 Å². The minimum atomic E-state index is -0.430. The third-order valence-corrected chi connectivity index (χ3v) is 3.03. The number of esters is 1. The lowest BCUT2D eigenvalue weighted by Crippen LogP contribution is -2.29. The van der Waals surface area contributed by atoms with Gasteiger partial charge in [-0.15, -0.1) is 0 Å². The van der Waals surface area contributed by atoms with Crippen LogP contribution in [0.15, 0.2) is 30.3 Å². The highest BCUT2D eigenvalue weighted by molar-refractivity contribution is 5.83. The van der Waals surface area contributed by atoms with Crippen LogP contribution in [0.4, 0.5) is 0 Å². The first-order valence-electron chi connectivity index (χ1n) is 6.34. The average Bonchev–Trinajstić information content (AvgIpc) is 2.43. The molecule has 0 aliphatic rings. The third-order valence-electron chi connectivity index (χ3n) is 3.03. The summed E-state index contributed by atoms with van der Waals surface area (Å²) in [5.74, 6) is -0.277. The molecule has 1 atom stereocenters. The molecule has 0 fully saturated rings. The lowest BCUT2D eigenvalue weighted by molar-refractivity contribution is -0.143. The van der Waals surface area contributed by atoms with Crippen molar-refractivity contribution in [1.82, 2.24) is 10.3 Å². The Balaban J connectivity index is 2.43. The summed E-state index contributed by atoms with van der Waals surface area (Å²) < 4.78 is 4.83. The van der Waals surface area contributed by atoms with Crippen LogP contribution in [0.5, 0.6) is 0 Å². The van der Waals surface area contributed by atoms with Gasteiger partial charge in [0, 0.05) is 11.1 Å². The molecule has 0 spiro atoms. The lowest BCUT2D eigenvalue weighted by Gasteiger charge is -2.16. The molecule has 0 amide bonds. The molecule has 1 heterocycles. The third kappa shape index (κ3) is 2.90. The van der Waals surface area contributed by atoms with Crippen molar-refractivity contribution in [1.29, 1.82) is 0 Å². The zero-order valence-electron chi connectivity index (χ0n) is 11.4. The highest BCUT2D eigenvalue weighted by Crippen LogP contribution is 2.20. The molecule has 0 aliphatic carbocycles. The predicted molar refractivity (Wildman–Crippen MR) is 74.9 cm³/mol. The van der Waals surface area contributed by atoms with E-state index in [0.29, 0.717) is 6.54 Å². The molecule has 19 heavy (non-hydrogen) atoms. The second-order valence-corrected chi connectivity index (χ2v) is 4.42. The van der Waals surface area contributed by atoms with Gasteiger partial charge in [0.25, 0.3) is 0 Å². The number of methoxy groups -OCH3 is 1. The Kier molecular flexibility index (Phi) is 4.12. The molecular formula is C15H18N2O2. The standard InChI is InChI=1S/C15H18N2O2/c1-4-16-14(15(18)19-3)12-7-8-13-11(9-12)6-5-10(2)17-13/h5-9,14,16H,4H2,1-3H3. The monoisotopic (exact) mass is 258 g/mol. The van der Waals surface area contributed by atoms with Crippen molar-refractivity contribution in [2.45, 2.75) is 19.9 Å². The highest BCUT2D eigenvalue weighted by Gasteiger charge is 2.20. The fourth-order valence-corrected chi connectivity index (χ4v) is 2.08. The minimum Gasteiger partial charge on any atom is -0.468 e. The number of benzene rings is 1. The molecule has 1 unspecified atom stereocenters. The van der Waals surface area contributed by atoms with E-state index in [2.05, 4.69) is 10.3 Å². The van der Waals surface area contributed by atoms with Gasteiger partial charge in [0.1, 0.15) is 6.04 Å². The summed E-state index contributed by atoms with van der Waals surface area (Å²) in [7, 11) is 1.40. The smallest absolute Gasteiger partial charge is 0.327 e. The molecule has 2 aromatic rings. The Morgan fingerprint density at radius 1 is 1.37 bits per heavy atom. The second-order valence-electron chi connectivity index (χ2n) is 4.42. The van der Waals surface area contributed by atoms with Crippen LogP contribution in [0.3, 0.4) is 0 Å². The van der Waals surface area contributed by atoms with Gasteiger partial charge in [-0.3, -0.25) is 4.98 Å². The van der Waals surface area contributed by atoms with Crippen LogP contribution in [-0.2, 0) is 9.53 Å². The van der Waals surface area contributed by atoms with E-state index >= 15 is 0 Å². The summed E-state index contributed by atoms with van der Waals surface area (Å²) in [5.41, 5.74) is 2.81. The van der Waals surface area contributed by atoms with Crippen LogP contribution in [0.25, 0.3) is 10.9 Å². The van der Waals surface area contributed by atoms with Crippen molar-refractivity contribution in [2.75, 3.05) is 13.7 Å². The Labute approximate surface area is 112 Å². The first-order valence-corrected chi connectivity index (χ1v) is 6.34. The fraction of sp³-hybridized carbons (Fsp3) is 0.333. The quantitative estimate of drug-likeness (QED) is 0.855. The molecule has 4 heteroatoms. The molecule has 4 nitrogen and oxygen atoms in total. The summed E-state index contributed by atoms with van der Waals surface area (Å²) in [6, 6.07) is 9.38. The van der Waals surface area contributed by atoms with Gasteiger partial charge in [-0.25, -0.2) is 4.79 Å². The second kappa shape index (κ2) is 5.80. The zero-order chi connectivity index (χ0) is 13.8. The fourth-order valence-electron chi connectivity index (χ4n) is 2.08. The summed E-state index contributed by atoms with van der Waals surface area (Å²) in [4.78, 5) is 16.2. The Hall–Kier alpha value is -1.94. The molecular weight excluding hydrogens is 240 g/mol. The lowest BCUT2D eigenvalue weighted by atomic mass is 10.0. The van der Waals surface area contributed by atoms with Crippen LogP contribution < -0.4 is 5.32 Å². The SMILES string of the molecule is CCNC(C(=O)OC)c1ccc2nc(C)ccc2c1. The van der Waals surface area contributed by atoms with E-state index in [0.717, 1.165) is 22.2 Å². The van der Waals surface area contributed by atoms with Crippen molar-refractivity contribution >= 4 is 16.9 Å². The maximum Gasteiger partial charge on any atom is 0.327 e. The molecule has 0 saturated heterocycles. The Bertz CT molecular complexity index is 596. The predicted octanol–water partition coefficient (Wildman–Crippen LogP) is 2.37. The van der Waals surface area contributed by atoms with Crippen molar-refractivity contribution in [3.63, 3.8) is 0 Å². The Morgan fingerprint density at radius 3 is 2.84 bits per heavy atom. The number of hydrogen-bond acceptors (Lipinski definition) is 4. The number of hydrogen-bond donors (Lipinski definition) is 1. The molecule has 0 aliphatic heterocycles. The average molecular weight is 258 g/mol. The zero-order valence-corrected chi connectivity index (χ0v) is 11.4. The van der Waals surface area contributed by atoms with Gasteiger partial charge in [-0.05, 0) is 37.2 Å². The number of aromatic nitrogens is 1. The van der Waals surface area contributed by atoms with Gasteiger partial charge in [-0.1, -0.05) is 19.1 Å². The summed E-state index contributed by atoms with van der Waals surface area (Å²) in [6.45, 7) is 4.62. The van der Waals surface area contributed by atoms with Crippen LogP contribution >= 0.6 is 0 Å². The van der Waals surface area contributed by atoms with Crippen molar-refractivity contribution in [3.05, 3.63) is 41.6 Å². The van der Waals surface area contributed by atoms with E-state index < -0.39 is 6.04 Å². The van der Waals surface area contributed by atoms with Gasteiger partial charge in [0.2, 0.25) is 0 Å².